The van der Waals surface area contributed by atoms with Crippen molar-refractivity contribution in [1.82, 2.24) is 0 Å². The highest BCUT2D eigenvalue weighted by atomic mass is 16.1. The van der Waals surface area contributed by atoms with Gasteiger partial charge in [0.1, 0.15) is 0 Å². The maximum atomic E-state index is 10.8. The van der Waals surface area contributed by atoms with E-state index in [-0.39, 0.29) is 5.57 Å². The molecule has 2 heteroatoms. The van der Waals surface area contributed by atoms with Crippen LogP contribution in [0.2, 0.25) is 0 Å². The SMILES string of the molecule is C=NC(=O)C(=C)C(=C)C(=C)C. The molecule has 0 atom stereocenters. The highest BCUT2D eigenvalue weighted by molar-refractivity contribution is 6.00. The molecule has 2 nitrogen and oxygen atoms in total. The van der Waals surface area contributed by atoms with Crippen LogP contribution in [-0.4, -0.2) is 12.6 Å². The lowest BCUT2D eigenvalue weighted by atomic mass is 10.0. The number of nitrogens with zero attached hydrogens (tertiary/aromatic N) is 1. The Kier molecular flexibility index (Phi) is 3.18. The molecule has 0 aliphatic heterocycles. The number of allylic oxidation sites excluding steroid dienone is 1. The summed E-state index contributed by atoms with van der Waals surface area (Å²) in [6.07, 6.45) is 0. The van der Waals surface area contributed by atoms with Gasteiger partial charge in [0.05, 0.1) is 0 Å². The van der Waals surface area contributed by atoms with E-state index in [1.807, 2.05) is 0 Å². The number of carbonyl (C=O) groups excluding carboxylic acids is 1. The van der Waals surface area contributed by atoms with Crippen LogP contribution in [0.1, 0.15) is 6.92 Å². The van der Waals surface area contributed by atoms with Crippen LogP contribution in [0.4, 0.5) is 0 Å². The van der Waals surface area contributed by atoms with Gasteiger partial charge in [-0.3, -0.25) is 4.79 Å². The Balaban J connectivity index is 4.51. The van der Waals surface area contributed by atoms with Gasteiger partial charge >= 0.3 is 0 Å². The van der Waals surface area contributed by atoms with Gasteiger partial charge in [-0.05, 0) is 19.2 Å². The van der Waals surface area contributed by atoms with Crippen molar-refractivity contribution in [2.24, 2.45) is 4.99 Å². The second-order valence-corrected chi connectivity index (χ2v) is 2.20. The molecule has 0 saturated carbocycles. The van der Waals surface area contributed by atoms with E-state index >= 15 is 0 Å². The first-order valence-electron chi connectivity index (χ1n) is 3.05. The summed E-state index contributed by atoms with van der Waals surface area (Å²) < 4.78 is 0. The molecule has 0 spiro atoms. The van der Waals surface area contributed by atoms with Crippen LogP contribution in [0.25, 0.3) is 0 Å². The van der Waals surface area contributed by atoms with Gasteiger partial charge in [-0.15, -0.1) is 0 Å². The molecule has 0 bridgehead atoms. The fourth-order valence-corrected chi connectivity index (χ4v) is 0.482. The topological polar surface area (TPSA) is 29.4 Å². The standard InChI is InChI=1S/C9H11NO/c1-6(2)7(3)8(4)9(11)10-5/h1,3-5H2,2H3. The first-order valence-corrected chi connectivity index (χ1v) is 3.05. The smallest absolute Gasteiger partial charge is 0.267 e. The second kappa shape index (κ2) is 3.66. The van der Waals surface area contributed by atoms with Gasteiger partial charge < -0.3 is 0 Å². The molecule has 0 unspecified atom stereocenters. The van der Waals surface area contributed by atoms with Crippen molar-refractivity contribution in [2.45, 2.75) is 6.92 Å². The molecule has 0 aromatic rings. The number of carbonyl (C=O) groups is 1. The predicted octanol–water partition coefficient (Wildman–Crippen LogP) is 1.90. The Morgan fingerprint density at radius 1 is 1.18 bits per heavy atom. The lowest BCUT2D eigenvalue weighted by Gasteiger charge is -2.02. The first-order chi connectivity index (χ1) is 5.00. The number of rotatable bonds is 3. The van der Waals surface area contributed by atoms with Crippen molar-refractivity contribution in [3.63, 3.8) is 0 Å². The average Bonchev–Trinajstić information content (AvgIpc) is 2.00. The molecule has 0 N–H and O–H groups in total. The van der Waals surface area contributed by atoms with Crippen molar-refractivity contribution in [2.75, 3.05) is 0 Å². The zero-order chi connectivity index (χ0) is 9.02. The van der Waals surface area contributed by atoms with Crippen LogP contribution >= 0.6 is 0 Å². The van der Waals surface area contributed by atoms with E-state index in [0.717, 1.165) is 0 Å². The summed E-state index contributed by atoms with van der Waals surface area (Å²) in [5.74, 6) is -0.446. The number of hydrogen-bond donors (Lipinski definition) is 0. The van der Waals surface area contributed by atoms with Crippen LogP contribution < -0.4 is 0 Å². The predicted molar refractivity (Wildman–Crippen MR) is 47.7 cm³/mol. The Morgan fingerprint density at radius 2 is 1.64 bits per heavy atom. The molecular formula is C9H11NO. The molecule has 58 valence electrons. The molecule has 0 aliphatic carbocycles. The van der Waals surface area contributed by atoms with Crippen molar-refractivity contribution >= 4 is 12.6 Å². The highest BCUT2D eigenvalue weighted by Gasteiger charge is 2.07. The highest BCUT2D eigenvalue weighted by Crippen LogP contribution is 2.14. The molecule has 0 saturated heterocycles. The first kappa shape index (κ1) is 9.56. The van der Waals surface area contributed by atoms with Crippen LogP contribution in [-0.2, 0) is 4.79 Å². The summed E-state index contributed by atoms with van der Waals surface area (Å²) in [4.78, 5) is 14.0. The molecule has 0 aromatic carbocycles. The Morgan fingerprint density at radius 3 is 1.91 bits per heavy atom. The molecule has 0 aromatic heterocycles. The van der Waals surface area contributed by atoms with Gasteiger partial charge in [0.2, 0.25) is 0 Å². The van der Waals surface area contributed by atoms with E-state index in [1.165, 1.54) is 0 Å². The lowest BCUT2D eigenvalue weighted by molar-refractivity contribution is -0.114. The van der Waals surface area contributed by atoms with Crippen LogP contribution in [0.5, 0.6) is 0 Å². The van der Waals surface area contributed by atoms with Gasteiger partial charge in [0, 0.05) is 5.57 Å². The van der Waals surface area contributed by atoms with Gasteiger partial charge in [-0.2, -0.15) is 0 Å². The van der Waals surface area contributed by atoms with Gasteiger partial charge in [-0.25, -0.2) is 4.99 Å². The molecule has 0 aliphatic rings. The molecule has 11 heavy (non-hydrogen) atoms. The summed E-state index contributed by atoms with van der Waals surface area (Å²) in [5.41, 5.74) is 1.50. The van der Waals surface area contributed by atoms with Crippen molar-refractivity contribution in [3.8, 4) is 0 Å². The third kappa shape index (κ3) is 2.34. The van der Waals surface area contributed by atoms with Crippen LogP contribution in [0.15, 0.2) is 41.4 Å². The van der Waals surface area contributed by atoms with E-state index in [2.05, 4.69) is 31.4 Å². The third-order valence-electron chi connectivity index (χ3n) is 1.28. The summed E-state index contributed by atoms with van der Waals surface area (Å²) in [5, 5.41) is 0. The quantitative estimate of drug-likeness (QED) is 0.342. The van der Waals surface area contributed by atoms with E-state index < -0.39 is 5.91 Å². The Hall–Kier alpha value is -1.44. The van der Waals surface area contributed by atoms with Crippen molar-refractivity contribution in [1.29, 1.82) is 0 Å². The zero-order valence-electron chi connectivity index (χ0n) is 6.68. The van der Waals surface area contributed by atoms with Crippen LogP contribution in [0.3, 0.4) is 0 Å². The van der Waals surface area contributed by atoms with Crippen molar-refractivity contribution < 1.29 is 4.79 Å². The maximum Gasteiger partial charge on any atom is 0.276 e. The number of amides is 1. The number of hydrogen-bond acceptors (Lipinski definition) is 1. The zero-order valence-corrected chi connectivity index (χ0v) is 6.68. The van der Waals surface area contributed by atoms with Crippen LogP contribution in [0, 0.1) is 0 Å². The minimum absolute atomic E-state index is 0.257. The van der Waals surface area contributed by atoms with Gasteiger partial charge in [-0.1, -0.05) is 25.3 Å². The molecule has 0 heterocycles. The molecule has 0 radical (unpaired) electrons. The summed E-state index contributed by atoms with van der Waals surface area (Å²) in [6, 6.07) is 0. The largest absolute Gasteiger partial charge is 0.276 e. The van der Waals surface area contributed by atoms with E-state index in [0.29, 0.717) is 11.1 Å². The summed E-state index contributed by atoms with van der Waals surface area (Å²) in [6.45, 7) is 15.6. The third-order valence-corrected chi connectivity index (χ3v) is 1.28. The average molecular weight is 149 g/mol. The summed E-state index contributed by atoms with van der Waals surface area (Å²) >= 11 is 0. The fraction of sp³-hybridized carbons (Fsp3) is 0.111. The van der Waals surface area contributed by atoms with E-state index in [4.69, 9.17) is 0 Å². The fourth-order valence-electron chi connectivity index (χ4n) is 0.482. The normalized spacial score (nSPS) is 8.45. The maximum absolute atomic E-state index is 10.8. The van der Waals surface area contributed by atoms with Crippen molar-refractivity contribution in [3.05, 3.63) is 36.5 Å². The molecule has 0 fully saturated rings. The van der Waals surface area contributed by atoms with Gasteiger partial charge in [0.25, 0.3) is 5.91 Å². The van der Waals surface area contributed by atoms with E-state index in [9.17, 15) is 4.79 Å². The monoisotopic (exact) mass is 149 g/mol. The minimum atomic E-state index is -0.446. The Labute approximate surface area is 66.6 Å². The Bertz CT molecular complexity index is 248. The van der Waals surface area contributed by atoms with E-state index in [1.54, 1.807) is 6.92 Å². The minimum Gasteiger partial charge on any atom is -0.267 e. The second-order valence-electron chi connectivity index (χ2n) is 2.20. The van der Waals surface area contributed by atoms with Gasteiger partial charge in [0.15, 0.2) is 0 Å². The molecular weight excluding hydrogens is 138 g/mol. The molecule has 1 amide bonds. The molecule has 0 rings (SSSR count). The summed E-state index contributed by atoms with van der Waals surface area (Å²) in [7, 11) is 0. The lowest BCUT2D eigenvalue weighted by Crippen LogP contribution is -1.99. The number of aliphatic imine (C=N–C) groups is 1.